The van der Waals surface area contributed by atoms with Gasteiger partial charge in [0.25, 0.3) is 11.6 Å². The van der Waals surface area contributed by atoms with E-state index in [2.05, 4.69) is 5.32 Å². The third-order valence-corrected chi connectivity index (χ3v) is 3.09. The molecule has 0 aliphatic carbocycles. The summed E-state index contributed by atoms with van der Waals surface area (Å²) in [6.45, 7) is 1.61. The van der Waals surface area contributed by atoms with Gasteiger partial charge in [-0.25, -0.2) is 0 Å². The molecule has 1 N–H and O–H groups in total. The van der Waals surface area contributed by atoms with Gasteiger partial charge < -0.3 is 10.1 Å². The maximum Gasteiger partial charge on any atom is 0.269 e. The number of rotatable bonds is 5. The Kier molecular flexibility index (Phi) is 4.95. The van der Waals surface area contributed by atoms with E-state index in [1.54, 1.807) is 31.2 Å². The van der Waals surface area contributed by atoms with Crippen LogP contribution in [-0.2, 0) is 4.79 Å². The molecule has 6 nitrogen and oxygen atoms in total. The minimum absolute atomic E-state index is 0.0385. The fourth-order valence-electron chi connectivity index (χ4n) is 1.68. The Hall–Kier alpha value is -2.60. The SMILES string of the molecule is CC(Oc1ccc(Cl)cc1)C(=O)Nc1ccc([N+](=O)[O-])cc1. The summed E-state index contributed by atoms with van der Waals surface area (Å²) < 4.78 is 5.49. The Balaban J connectivity index is 1.95. The standard InChI is InChI=1S/C15H13ClN2O4/c1-10(22-14-8-2-11(16)3-9-14)15(19)17-12-4-6-13(7-5-12)18(20)21/h2-10H,1H3,(H,17,19). The van der Waals surface area contributed by atoms with Gasteiger partial charge in [0.15, 0.2) is 6.10 Å². The monoisotopic (exact) mass is 320 g/mol. The third kappa shape index (κ3) is 4.20. The molecule has 0 saturated carbocycles. The topological polar surface area (TPSA) is 81.5 Å². The average Bonchev–Trinajstić information content (AvgIpc) is 2.50. The van der Waals surface area contributed by atoms with Gasteiger partial charge in [-0.05, 0) is 43.3 Å². The highest BCUT2D eigenvalue weighted by Gasteiger charge is 2.15. The van der Waals surface area contributed by atoms with Crippen molar-refractivity contribution in [3.05, 3.63) is 63.7 Å². The van der Waals surface area contributed by atoms with Crippen LogP contribution in [0.3, 0.4) is 0 Å². The molecule has 7 heteroatoms. The first-order valence-electron chi connectivity index (χ1n) is 6.43. The van der Waals surface area contributed by atoms with Crippen LogP contribution in [0.15, 0.2) is 48.5 Å². The van der Waals surface area contributed by atoms with Gasteiger partial charge >= 0.3 is 0 Å². The molecular formula is C15H13ClN2O4. The summed E-state index contributed by atoms with van der Waals surface area (Å²) in [6.07, 6.45) is -0.726. The summed E-state index contributed by atoms with van der Waals surface area (Å²) >= 11 is 5.77. The number of nitro groups is 1. The summed E-state index contributed by atoms with van der Waals surface area (Å²) in [5.74, 6) is 0.166. The zero-order valence-electron chi connectivity index (χ0n) is 11.7. The van der Waals surface area contributed by atoms with Crippen LogP contribution in [0.2, 0.25) is 5.02 Å². The van der Waals surface area contributed by atoms with Crippen molar-refractivity contribution < 1.29 is 14.5 Å². The predicted octanol–water partition coefficient (Wildman–Crippen LogP) is 3.65. The number of benzene rings is 2. The lowest BCUT2D eigenvalue weighted by molar-refractivity contribution is -0.384. The summed E-state index contributed by atoms with van der Waals surface area (Å²) in [5.41, 5.74) is 0.422. The van der Waals surface area contributed by atoms with Crippen LogP contribution in [0.4, 0.5) is 11.4 Å². The number of hydrogen-bond donors (Lipinski definition) is 1. The zero-order chi connectivity index (χ0) is 16.1. The Morgan fingerprint density at radius 3 is 2.32 bits per heavy atom. The number of ether oxygens (including phenoxy) is 1. The van der Waals surface area contributed by atoms with Crippen molar-refractivity contribution in [3.63, 3.8) is 0 Å². The van der Waals surface area contributed by atoms with Crippen LogP contribution in [0.25, 0.3) is 0 Å². The highest BCUT2D eigenvalue weighted by atomic mass is 35.5. The summed E-state index contributed by atoms with van der Waals surface area (Å²) in [7, 11) is 0. The van der Waals surface area contributed by atoms with E-state index in [0.717, 1.165) is 0 Å². The lowest BCUT2D eigenvalue weighted by atomic mass is 10.2. The van der Waals surface area contributed by atoms with Crippen molar-refractivity contribution in [1.29, 1.82) is 0 Å². The predicted molar refractivity (Wildman–Crippen MR) is 83.3 cm³/mol. The number of amides is 1. The highest BCUT2D eigenvalue weighted by molar-refractivity contribution is 6.30. The second-order valence-electron chi connectivity index (χ2n) is 4.51. The highest BCUT2D eigenvalue weighted by Crippen LogP contribution is 2.18. The Morgan fingerprint density at radius 1 is 1.18 bits per heavy atom. The van der Waals surface area contributed by atoms with Gasteiger partial charge in [-0.1, -0.05) is 11.6 Å². The summed E-state index contributed by atoms with van der Waals surface area (Å²) in [5, 5.41) is 13.8. The van der Waals surface area contributed by atoms with Crippen molar-refractivity contribution in [2.45, 2.75) is 13.0 Å². The molecule has 0 aliphatic heterocycles. The van der Waals surface area contributed by atoms with E-state index < -0.39 is 11.0 Å². The van der Waals surface area contributed by atoms with E-state index in [1.165, 1.54) is 24.3 Å². The second-order valence-corrected chi connectivity index (χ2v) is 4.94. The maximum absolute atomic E-state index is 12.0. The van der Waals surface area contributed by atoms with Gasteiger partial charge in [0.2, 0.25) is 0 Å². The van der Waals surface area contributed by atoms with Crippen LogP contribution < -0.4 is 10.1 Å². The summed E-state index contributed by atoms with van der Waals surface area (Å²) in [4.78, 5) is 22.1. The molecule has 2 aromatic carbocycles. The molecule has 0 aromatic heterocycles. The number of carbonyl (C=O) groups is 1. The van der Waals surface area contributed by atoms with Gasteiger partial charge in [0.05, 0.1) is 4.92 Å². The molecule has 2 aromatic rings. The molecule has 1 unspecified atom stereocenters. The number of halogens is 1. The molecule has 0 bridgehead atoms. The molecule has 0 fully saturated rings. The number of carbonyl (C=O) groups excluding carboxylic acids is 1. The maximum atomic E-state index is 12.0. The Morgan fingerprint density at radius 2 is 1.77 bits per heavy atom. The number of nitrogens with one attached hydrogen (secondary N) is 1. The zero-order valence-corrected chi connectivity index (χ0v) is 12.4. The van der Waals surface area contributed by atoms with Crippen molar-refractivity contribution in [3.8, 4) is 5.75 Å². The van der Waals surface area contributed by atoms with Crippen molar-refractivity contribution in [2.75, 3.05) is 5.32 Å². The molecule has 114 valence electrons. The first-order chi connectivity index (χ1) is 10.5. The molecule has 0 saturated heterocycles. The third-order valence-electron chi connectivity index (χ3n) is 2.84. The van der Waals surface area contributed by atoms with Gasteiger partial charge in [-0.3, -0.25) is 14.9 Å². The smallest absolute Gasteiger partial charge is 0.269 e. The quantitative estimate of drug-likeness (QED) is 0.673. The molecule has 1 amide bonds. The van der Waals surface area contributed by atoms with E-state index in [1.807, 2.05) is 0 Å². The number of non-ortho nitro benzene ring substituents is 1. The minimum atomic E-state index is -0.726. The molecule has 22 heavy (non-hydrogen) atoms. The molecule has 0 aliphatic rings. The summed E-state index contributed by atoms with van der Waals surface area (Å²) in [6, 6.07) is 12.2. The Labute approximate surface area is 131 Å². The largest absolute Gasteiger partial charge is 0.481 e. The van der Waals surface area contributed by atoms with E-state index >= 15 is 0 Å². The number of anilines is 1. The van der Waals surface area contributed by atoms with Crippen molar-refractivity contribution >= 4 is 28.9 Å². The van der Waals surface area contributed by atoms with Crippen LogP contribution >= 0.6 is 11.6 Å². The van der Waals surface area contributed by atoms with Crippen molar-refractivity contribution in [2.24, 2.45) is 0 Å². The lowest BCUT2D eigenvalue weighted by Crippen LogP contribution is -2.30. The van der Waals surface area contributed by atoms with E-state index in [9.17, 15) is 14.9 Å². The number of nitro benzene ring substituents is 1. The second kappa shape index (κ2) is 6.91. The minimum Gasteiger partial charge on any atom is -0.481 e. The first kappa shape index (κ1) is 15.8. The van der Waals surface area contributed by atoms with E-state index in [-0.39, 0.29) is 11.6 Å². The van der Waals surface area contributed by atoms with Gasteiger partial charge in [-0.2, -0.15) is 0 Å². The normalized spacial score (nSPS) is 11.5. The Bertz CT molecular complexity index is 671. The van der Waals surface area contributed by atoms with Crippen molar-refractivity contribution in [1.82, 2.24) is 0 Å². The number of hydrogen-bond acceptors (Lipinski definition) is 4. The van der Waals surface area contributed by atoms with Crippen LogP contribution in [0, 0.1) is 10.1 Å². The molecule has 0 radical (unpaired) electrons. The van der Waals surface area contributed by atoms with Crippen LogP contribution in [-0.4, -0.2) is 16.9 Å². The average molecular weight is 321 g/mol. The molecular weight excluding hydrogens is 308 g/mol. The number of nitrogens with zero attached hydrogens (tertiary/aromatic N) is 1. The molecule has 0 heterocycles. The van der Waals surface area contributed by atoms with Gasteiger partial charge in [0.1, 0.15) is 5.75 Å². The lowest BCUT2D eigenvalue weighted by Gasteiger charge is -2.14. The van der Waals surface area contributed by atoms with Crippen LogP contribution in [0.5, 0.6) is 5.75 Å². The van der Waals surface area contributed by atoms with Crippen LogP contribution in [0.1, 0.15) is 6.92 Å². The first-order valence-corrected chi connectivity index (χ1v) is 6.81. The van der Waals surface area contributed by atoms with Gasteiger partial charge in [0, 0.05) is 22.8 Å². The van der Waals surface area contributed by atoms with Gasteiger partial charge in [-0.15, -0.1) is 0 Å². The molecule has 1 atom stereocenters. The van der Waals surface area contributed by atoms with E-state index in [4.69, 9.17) is 16.3 Å². The molecule has 0 spiro atoms. The van der Waals surface area contributed by atoms with E-state index in [0.29, 0.717) is 16.5 Å². The fourth-order valence-corrected chi connectivity index (χ4v) is 1.81. The fraction of sp³-hybridized carbons (Fsp3) is 0.133. The molecule has 2 rings (SSSR count).